The van der Waals surface area contributed by atoms with Crippen molar-refractivity contribution in [1.29, 1.82) is 0 Å². The molecule has 2 aromatic rings. The fourth-order valence-electron chi connectivity index (χ4n) is 5.68. The maximum absolute atomic E-state index is 13.7. The molecule has 0 saturated carbocycles. The predicted molar refractivity (Wildman–Crippen MR) is 224 cm³/mol. The number of carbonyl (C=O) groups excluding carboxylic acids is 6. The summed E-state index contributed by atoms with van der Waals surface area (Å²) in [6, 6.07) is 11.5. The van der Waals surface area contributed by atoms with Gasteiger partial charge in [-0.25, -0.2) is 9.59 Å². The average molecular weight is 839 g/mol. The van der Waals surface area contributed by atoms with Crippen molar-refractivity contribution < 1.29 is 47.7 Å². The summed E-state index contributed by atoms with van der Waals surface area (Å²) >= 11 is 6.34. The molecule has 0 unspecified atom stereocenters. The zero-order valence-electron chi connectivity index (χ0n) is 35.4. The van der Waals surface area contributed by atoms with E-state index in [0.717, 1.165) is 11.1 Å². The van der Waals surface area contributed by atoms with Crippen molar-refractivity contribution in [2.24, 2.45) is 17.3 Å². The lowest BCUT2D eigenvalue weighted by atomic mass is 9.93. The number of nitrogens with one attached hydrogen (secondary N) is 4. The van der Waals surface area contributed by atoms with Crippen LogP contribution in [0.3, 0.4) is 0 Å². The van der Waals surface area contributed by atoms with Crippen molar-refractivity contribution >= 4 is 53.4 Å². The Kier molecular flexibility index (Phi) is 18.0. The van der Waals surface area contributed by atoms with Crippen molar-refractivity contribution in [2.75, 3.05) is 20.2 Å². The van der Waals surface area contributed by atoms with Crippen LogP contribution < -0.4 is 26.0 Å². The largest absolute Gasteiger partial charge is 0.495 e. The summed E-state index contributed by atoms with van der Waals surface area (Å²) in [4.78, 5) is 78.1. The second-order valence-electron chi connectivity index (χ2n) is 16.6. The lowest BCUT2D eigenvalue weighted by molar-refractivity contribution is -0.178. The van der Waals surface area contributed by atoms with Crippen molar-refractivity contribution in [3.8, 4) is 5.75 Å². The van der Waals surface area contributed by atoms with E-state index < -0.39 is 59.1 Å². The predicted octanol–water partition coefficient (Wildman–Crippen LogP) is 5.84. The number of esters is 2. The molecule has 0 spiro atoms. The molecule has 2 aromatic carbocycles. The molecular formula is C44H59ClN4O10. The third-order valence-electron chi connectivity index (χ3n) is 9.09. The lowest BCUT2D eigenvalue weighted by Gasteiger charge is -2.29. The number of methoxy groups -OCH3 is 1. The van der Waals surface area contributed by atoms with Gasteiger partial charge in [0.05, 0.1) is 17.5 Å². The molecule has 0 bridgehead atoms. The molecule has 59 heavy (non-hydrogen) atoms. The topological polar surface area (TPSA) is 187 Å². The maximum Gasteiger partial charge on any atom is 0.408 e. The Hall–Kier alpha value is -5.37. The summed E-state index contributed by atoms with van der Waals surface area (Å²) in [6.45, 7) is 13.9. The summed E-state index contributed by atoms with van der Waals surface area (Å²) in [6.07, 6.45) is 4.40. The molecule has 0 aliphatic carbocycles. The highest BCUT2D eigenvalue weighted by atomic mass is 35.5. The molecule has 1 heterocycles. The molecule has 1 aliphatic heterocycles. The second kappa shape index (κ2) is 22.1. The van der Waals surface area contributed by atoms with E-state index in [1.165, 1.54) is 13.2 Å². The highest BCUT2D eigenvalue weighted by molar-refractivity contribution is 6.32. The van der Waals surface area contributed by atoms with Crippen molar-refractivity contribution in [3.63, 3.8) is 0 Å². The SMILES string of the molecule is COc1ccc(C[C@H]2NC(=O)/C=C/C[C@@H]([C@H](C)/C=C/c3ccc(CNC(=O)CNC(=O)OC(C)(C)C)cc3)OC(=O)[C@H](CC(C)C)OC(=O)C(C)(C)CNC2=O)cc1Cl. The van der Waals surface area contributed by atoms with Crippen molar-refractivity contribution in [3.05, 3.63) is 82.4 Å². The van der Waals surface area contributed by atoms with Gasteiger partial charge in [-0.3, -0.25) is 19.2 Å². The van der Waals surface area contributed by atoms with Gasteiger partial charge < -0.3 is 40.2 Å². The molecular weight excluding hydrogens is 780 g/mol. The van der Waals surface area contributed by atoms with Crippen LogP contribution in [-0.2, 0) is 51.1 Å². The Bertz CT molecular complexity index is 1850. The zero-order valence-corrected chi connectivity index (χ0v) is 36.2. The number of hydrogen-bond acceptors (Lipinski definition) is 10. The fourth-order valence-corrected chi connectivity index (χ4v) is 5.96. The highest BCUT2D eigenvalue weighted by Crippen LogP contribution is 2.26. The van der Waals surface area contributed by atoms with E-state index in [9.17, 15) is 28.8 Å². The molecule has 0 radical (unpaired) electrons. The van der Waals surface area contributed by atoms with E-state index in [1.807, 2.05) is 57.2 Å². The Balaban J connectivity index is 1.79. The van der Waals surface area contributed by atoms with Gasteiger partial charge in [-0.2, -0.15) is 0 Å². The molecule has 322 valence electrons. The average Bonchev–Trinajstić information content (AvgIpc) is 3.15. The van der Waals surface area contributed by atoms with E-state index in [-0.39, 0.29) is 56.6 Å². The van der Waals surface area contributed by atoms with Crippen LogP contribution in [0.5, 0.6) is 5.75 Å². The van der Waals surface area contributed by atoms with Crippen LogP contribution in [0.1, 0.15) is 84.9 Å². The number of carbonyl (C=O) groups is 6. The summed E-state index contributed by atoms with van der Waals surface area (Å²) in [7, 11) is 1.49. The van der Waals surface area contributed by atoms with Gasteiger partial charge in [0.2, 0.25) is 17.7 Å². The van der Waals surface area contributed by atoms with E-state index in [2.05, 4.69) is 21.3 Å². The van der Waals surface area contributed by atoms with E-state index in [0.29, 0.717) is 16.3 Å². The quantitative estimate of drug-likeness (QED) is 0.150. The number of halogens is 1. The van der Waals surface area contributed by atoms with Crippen molar-refractivity contribution in [2.45, 2.75) is 105 Å². The first-order chi connectivity index (χ1) is 27.6. The molecule has 3 rings (SSSR count). The van der Waals surface area contributed by atoms with E-state index in [4.69, 9.17) is 30.5 Å². The summed E-state index contributed by atoms with van der Waals surface area (Å²) in [5.41, 5.74) is 0.423. The Morgan fingerprint density at radius 2 is 1.68 bits per heavy atom. The molecule has 0 saturated heterocycles. The molecule has 0 aromatic heterocycles. The van der Waals surface area contributed by atoms with Gasteiger partial charge in [-0.05, 0) is 81.9 Å². The molecule has 4 amide bonds. The highest BCUT2D eigenvalue weighted by Gasteiger charge is 2.37. The van der Waals surface area contributed by atoms with Crippen LogP contribution in [0, 0.1) is 17.3 Å². The van der Waals surface area contributed by atoms with Crippen LogP contribution in [-0.4, -0.2) is 79.8 Å². The Labute approximate surface area is 352 Å². The number of benzene rings is 2. The van der Waals surface area contributed by atoms with Crippen LogP contribution in [0.15, 0.2) is 60.7 Å². The minimum Gasteiger partial charge on any atom is -0.495 e. The third-order valence-corrected chi connectivity index (χ3v) is 9.38. The van der Waals surface area contributed by atoms with E-state index >= 15 is 0 Å². The first-order valence-electron chi connectivity index (χ1n) is 19.6. The Morgan fingerprint density at radius 3 is 2.31 bits per heavy atom. The summed E-state index contributed by atoms with van der Waals surface area (Å²) in [5.74, 6) is -2.78. The van der Waals surface area contributed by atoms with E-state index in [1.54, 1.807) is 58.9 Å². The molecule has 1 aliphatic rings. The van der Waals surface area contributed by atoms with Crippen LogP contribution >= 0.6 is 11.6 Å². The monoisotopic (exact) mass is 838 g/mol. The number of rotatable bonds is 12. The second-order valence-corrected chi connectivity index (χ2v) is 17.0. The van der Waals surface area contributed by atoms with Gasteiger partial charge in [0.1, 0.15) is 30.0 Å². The number of cyclic esters (lactones) is 2. The first kappa shape index (κ1) is 48.0. The molecule has 0 fully saturated rings. The molecule has 14 nitrogen and oxygen atoms in total. The van der Waals surface area contributed by atoms with Crippen LogP contribution in [0.2, 0.25) is 5.02 Å². The van der Waals surface area contributed by atoms with Crippen LogP contribution in [0.4, 0.5) is 4.79 Å². The minimum atomic E-state index is -1.24. The lowest BCUT2D eigenvalue weighted by Crippen LogP contribution is -2.51. The Morgan fingerprint density at radius 1 is 1.00 bits per heavy atom. The number of hydrogen-bond donors (Lipinski definition) is 4. The standard InChI is InChI=1S/C44H59ClN4O10/c1-27(2)21-36-40(53)57-34(28(3)13-14-29-15-17-30(18-16-29)24-46-38(51)25-47-42(55)59-43(4,5)6)11-10-12-37(50)49-33(23-31-19-20-35(56-9)32(45)22-31)39(52)48-26-44(7,8)41(54)58-36/h10,12-20,22,27-28,33-34,36H,11,21,23-26H2,1-9H3,(H,46,51)(H,47,55)(H,48,52)(H,49,50)/b12-10+,14-13+/t28-,33-,34+,36+/m1/s1. The number of alkyl carbamates (subject to hydrolysis) is 1. The first-order valence-corrected chi connectivity index (χ1v) is 20.0. The summed E-state index contributed by atoms with van der Waals surface area (Å²) in [5, 5.41) is 11.0. The van der Waals surface area contributed by atoms with Gasteiger partial charge >= 0.3 is 18.0 Å². The zero-order chi connectivity index (χ0) is 43.9. The van der Waals surface area contributed by atoms with Gasteiger partial charge in [-0.1, -0.05) is 80.9 Å². The molecule has 4 atom stereocenters. The van der Waals surface area contributed by atoms with Gasteiger partial charge in [0.15, 0.2) is 6.10 Å². The van der Waals surface area contributed by atoms with Gasteiger partial charge in [0, 0.05) is 31.8 Å². The number of amides is 4. The third kappa shape index (κ3) is 16.8. The van der Waals surface area contributed by atoms with Gasteiger partial charge in [-0.15, -0.1) is 0 Å². The number of ether oxygens (including phenoxy) is 4. The van der Waals surface area contributed by atoms with Crippen molar-refractivity contribution in [1.82, 2.24) is 21.3 Å². The van der Waals surface area contributed by atoms with Crippen LogP contribution in [0.25, 0.3) is 6.08 Å². The fraction of sp³-hybridized carbons (Fsp3) is 0.500. The normalized spacial score (nSPS) is 20.4. The summed E-state index contributed by atoms with van der Waals surface area (Å²) < 4.78 is 22.2. The molecule has 4 N–H and O–H groups in total. The van der Waals surface area contributed by atoms with Gasteiger partial charge in [0.25, 0.3) is 0 Å². The maximum atomic E-state index is 13.7. The minimum absolute atomic E-state index is 0.0227. The molecule has 15 heteroatoms. The smallest absolute Gasteiger partial charge is 0.408 e.